The monoisotopic (exact) mass is 252 g/mol. The summed E-state index contributed by atoms with van der Waals surface area (Å²) >= 11 is 0. The van der Waals surface area contributed by atoms with E-state index in [9.17, 15) is 4.79 Å². The average Bonchev–Trinajstić information content (AvgIpc) is 2.58. The SMILES string of the molecule is CCCC1NC(C)C(=O)N1CC1(C)CCCCC1. The molecule has 0 radical (unpaired) electrons. The van der Waals surface area contributed by atoms with Crippen LogP contribution in [0.1, 0.15) is 65.7 Å². The summed E-state index contributed by atoms with van der Waals surface area (Å²) in [5, 5.41) is 3.44. The molecule has 1 saturated carbocycles. The van der Waals surface area contributed by atoms with E-state index >= 15 is 0 Å². The Kier molecular flexibility index (Phi) is 4.31. The van der Waals surface area contributed by atoms with E-state index in [0.717, 1.165) is 19.4 Å². The predicted molar refractivity (Wildman–Crippen MR) is 74.2 cm³/mol. The topological polar surface area (TPSA) is 32.3 Å². The lowest BCUT2D eigenvalue weighted by molar-refractivity contribution is -0.131. The fourth-order valence-electron chi connectivity index (χ4n) is 3.53. The third-order valence-corrected chi connectivity index (χ3v) is 4.65. The highest BCUT2D eigenvalue weighted by Gasteiger charge is 2.40. The van der Waals surface area contributed by atoms with Crippen LogP contribution in [0.25, 0.3) is 0 Å². The summed E-state index contributed by atoms with van der Waals surface area (Å²) < 4.78 is 0. The van der Waals surface area contributed by atoms with E-state index in [1.54, 1.807) is 0 Å². The Hall–Kier alpha value is -0.570. The van der Waals surface area contributed by atoms with Gasteiger partial charge in [-0.25, -0.2) is 0 Å². The Balaban J connectivity index is 2.02. The molecular formula is C15H28N2O. The minimum atomic E-state index is 0.00809. The summed E-state index contributed by atoms with van der Waals surface area (Å²) in [6, 6.07) is 0.00809. The van der Waals surface area contributed by atoms with Gasteiger partial charge in [0, 0.05) is 6.54 Å². The van der Waals surface area contributed by atoms with Gasteiger partial charge in [-0.3, -0.25) is 10.1 Å². The lowest BCUT2D eigenvalue weighted by atomic mass is 9.75. The fraction of sp³-hybridized carbons (Fsp3) is 0.933. The van der Waals surface area contributed by atoms with E-state index in [4.69, 9.17) is 0 Å². The molecule has 0 aromatic rings. The molecule has 0 bridgehead atoms. The molecule has 0 aromatic heterocycles. The summed E-state index contributed by atoms with van der Waals surface area (Å²) in [6.07, 6.45) is 9.08. The third kappa shape index (κ3) is 2.87. The summed E-state index contributed by atoms with van der Waals surface area (Å²) in [4.78, 5) is 14.4. The van der Waals surface area contributed by atoms with Crippen molar-refractivity contribution in [1.82, 2.24) is 10.2 Å². The van der Waals surface area contributed by atoms with Crippen LogP contribution < -0.4 is 5.32 Å². The lowest BCUT2D eigenvalue weighted by Gasteiger charge is -2.38. The highest BCUT2D eigenvalue weighted by molar-refractivity contribution is 5.83. The van der Waals surface area contributed by atoms with Gasteiger partial charge in [0.25, 0.3) is 0 Å². The normalized spacial score (nSPS) is 31.9. The van der Waals surface area contributed by atoms with Crippen LogP contribution in [0.15, 0.2) is 0 Å². The highest BCUT2D eigenvalue weighted by Crippen LogP contribution is 2.37. The lowest BCUT2D eigenvalue weighted by Crippen LogP contribution is -2.44. The molecule has 1 heterocycles. The van der Waals surface area contributed by atoms with Crippen molar-refractivity contribution in [3.05, 3.63) is 0 Å². The van der Waals surface area contributed by atoms with Crippen LogP contribution in [0.4, 0.5) is 0 Å². The minimum absolute atomic E-state index is 0.00809. The molecule has 3 nitrogen and oxygen atoms in total. The van der Waals surface area contributed by atoms with Crippen LogP contribution in [0.5, 0.6) is 0 Å². The summed E-state index contributed by atoms with van der Waals surface area (Å²) in [6.45, 7) is 7.50. The molecule has 1 amide bonds. The van der Waals surface area contributed by atoms with Gasteiger partial charge in [0.05, 0.1) is 12.2 Å². The number of nitrogens with one attached hydrogen (secondary N) is 1. The molecule has 1 saturated heterocycles. The van der Waals surface area contributed by atoms with Crippen molar-refractivity contribution in [2.24, 2.45) is 5.41 Å². The number of carbonyl (C=O) groups is 1. The van der Waals surface area contributed by atoms with Gasteiger partial charge in [-0.2, -0.15) is 0 Å². The maximum Gasteiger partial charge on any atom is 0.240 e. The van der Waals surface area contributed by atoms with Crippen molar-refractivity contribution in [2.75, 3.05) is 6.54 Å². The van der Waals surface area contributed by atoms with Crippen LogP contribution in [-0.4, -0.2) is 29.6 Å². The van der Waals surface area contributed by atoms with Crippen molar-refractivity contribution in [3.8, 4) is 0 Å². The van der Waals surface area contributed by atoms with E-state index in [-0.39, 0.29) is 12.2 Å². The highest BCUT2D eigenvalue weighted by atomic mass is 16.2. The maximum absolute atomic E-state index is 12.3. The van der Waals surface area contributed by atoms with Crippen LogP contribution in [0.3, 0.4) is 0 Å². The first-order valence-electron chi connectivity index (χ1n) is 7.62. The first-order chi connectivity index (χ1) is 8.56. The number of carbonyl (C=O) groups excluding carboxylic acids is 1. The first kappa shape index (κ1) is 13.9. The molecule has 2 unspecified atom stereocenters. The van der Waals surface area contributed by atoms with E-state index in [1.807, 2.05) is 6.92 Å². The second-order valence-electron chi connectivity index (χ2n) is 6.53. The predicted octanol–water partition coefficient (Wildman–Crippen LogP) is 2.90. The van der Waals surface area contributed by atoms with Crippen LogP contribution >= 0.6 is 0 Å². The Morgan fingerprint density at radius 2 is 2.00 bits per heavy atom. The van der Waals surface area contributed by atoms with Crippen LogP contribution in [0, 0.1) is 5.41 Å². The number of rotatable bonds is 4. The van der Waals surface area contributed by atoms with E-state index < -0.39 is 0 Å². The van der Waals surface area contributed by atoms with E-state index in [2.05, 4.69) is 24.1 Å². The standard InChI is InChI=1S/C15H28N2O/c1-4-8-13-16-12(2)14(18)17(13)11-15(3)9-6-5-7-10-15/h12-13,16H,4-11H2,1-3H3. The van der Waals surface area contributed by atoms with E-state index in [1.165, 1.54) is 32.1 Å². The first-order valence-corrected chi connectivity index (χ1v) is 7.62. The Bertz CT molecular complexity index is 297. The molecule has 0 spiro atoms. The third-order valence-electron chi connectivity index (χ3n) is 4.65. The molecule has 2 atom stereocenters. The molecule has 18 heavy (non-hydrogen) atoms. The second kappa shape index (κ2) is 5.60. The molecule has 3 heteroatoms. The quantitative estimate of drug-likeness (QED) is 0.834. The zero-order valence-corrected chi connectivity index (χ0v) is 12.2. The molecule has 2 fully saturated rings. The van der Waals surface area contributed by atoms with Gasteiger partial charge in [-0.05, 0) is 31.6 Å². The Morgan fingerprint density at radius 1 is 1.33 bits per heavy atom. The van der Waals surface area contributed by atoms with Gasteiger partial charge in [-0.15, -0.1) is 0 Å². The van der Waals surface area contributed by atoms with Crippen molar-refractivity contribution < 1.29 is 4.79 Å². The zero-order valence-electron chi connectivity index (χ0n) is 12.2. The van der Waals surface area contributed by atoms with Gasteiger partial charge in [0.2, 0.25) is 5.91 Å². The van der Waals surface area contributed by atoms with Gasteiger partial charge < -0.3 is 4.90 Å². The van der Waals surface area contributed by atoms with Crippen molar-refractivity contribution in [3.63, 3.8) is 0 Å². The van der Waals surface area contributed by atoms with Crippen molar-refractivity contribution >= 4 is 5.91 Å². The van der Waals surface area contributed by atoms with Crippen molar-refractivity contribution in [2.45, 2.75) is 77.9 Å². The number of nitrogens with zero attached hydrogens (tertiary/aromatic N) is 1. The van der Waals surface area contributed by atoms with E-state index in [0.29, 0.717) is 11.3 Å². The van der Waals surface area contributed by atoms with Gasteiger partial charge in [-0.1, -0.05) is 39.5 Å². The summed E-state index contributed by atoms with van der Waals surface area (Å²) in [7, 11) is 0. The Morgan fingerprint density at radius 3 is 2.61 bits per heavy atom. The summed E-state index contributed by atoms with van der Waals surface area (Å²) in [5.74, 6) is 0.306. The molecule has 0 aromatic carbocycles. The molecule has 2 rings (SSSR count). The molecule has 2 aliphatic rings. The minimum Gasteiger partial charge on any atom is -0.325 e. The largest absolute Gasteiger partial charge is 0.325 e. The average molecular weight is 252 g/mol. The molecule has 1 aliphatic heterocycles. The summed E-state index contributed by atoms with van der Waals surface area (Å²) in [5.41, 5.74) is 0.353. The fourth-order valence-corrected chi connectivity index (χ4v) is 3.53. The van der Waals surface area contributed by atoms with Gasteiger partial charge in [0.1, 0.15) is 0 Å². The number of amides is 1. The molecular weight excluding hydrogens is 224 g/mol. The van der Waals surface area contributed by atoms with Crippen LogP contribution in [-0.2, 0) is 4.79 Å². The van der Waals surface area contributed by atoms with Crippen molar-refractivity contribution in [1.29, 1.82) is 0 Å². The molecule has 104 valence electrons. The zero-order chi connectivity index (χ0) is 13.2. The molecule has 1 N–H and O–H groups in total. The van der Waals surface area contributed by atoms with Gasteiger partial charge >= 0.3 is 0 Å². The molecule has 1 aliphatic carbocycles. The second-order valence-corrected chi connectivity index (χ2v) is 6.53. The van der Waals surface area contributed by atoms with Gasteiger partial charge in [0.15, 0.2) is 0 Å². The van der Waals surface area contributed by atoms with Crippen LogP contribution in [0.2, 0.25) is 0 Å². The number of hydrogen-bond acceptors (Lipinski definition) is 2. The maximum atomic E-state index is 12.3. The number of hydrogen-bond donors (Lipinski definition) is 1. The Labute approximate surface area is 111 Å². The smallest absolute Gasteiger partial charge is 0.240 e.